The number of amides is 3. The van der Waals surface area contributed by atoms with Crippen molar-refractivity contribution in [2.24, 2.45) is 11.8 Å². The van der Waals surface area contributed by atoms with Crippen molar-refractivity contribution in [3.63, 3.8) is 0 Å². The van der Waals surface area contributed by atoms with Gasteiger partial charge in [-0.3, -0.25) is 19.3 Å². The van der Waals surface area contributed by atoms with Crippen molar-refractivity contribution in [3.8, 4) is 5.75 Å². The fourth-order valence-electron chi connectivity index (χ4n) is 6.76. The number of aliphatic hydroxyl groups is 1. The number of carbonyl (C=O) groups is 3. The summed E-state index contributed by atoms with van der Waals surface area (Å²) in [4.78, 5) is 44.6. The van der Waals surface area contributed by atoms with Crippen molar-refractivity contribution >= 4 is 23.4 Å². The summed E-state index contributed by atoms with van der Waals surface area (Å²) in [6.07, 6.45) is 1.05. The van der Waals surface area contributed by atoms with Gasteiger partial charge in [0.1, 0.15) is 17.4 Å². The molecular weight excluding hydrogens is 492 g/mol. The van der Waals surface area contributed by atoms with Crippen molar-refractivity contribution in [2.45, 2.75) is 43.9 Å². The number of hydrogen-bond acceptors (Lipinski definition) is 8. The molecule has 11 nitrogen and oxygen atoms in total. The van der Waals surface area contributed by atoms with Crippen LogP contribution in [0.25, 0.3) is 0 Å². The third-order valence-electron chi connectivity index (χ3n) is 8.41. The Kier molecular flexibility index (Phi) is 7.63. The predicted octanol–water partition coefficient (Wildman–Crippen LogP) is 0.229. The van der Waals surface area contributed by atoms with Crippen LogP contribution in [0.5, 0.6) is 5.75 Å². The van der Waals surface area contributed by atoms with Crippen molar-refractivity contribution in [2.75, 3.05) is 64.5 Å². The molecule has 11 heteroatoms. The van der Waals surface area contributed by atoms with Crippen LogP contribution in [0.1, 0.15) is 26.7 Å². The van der Waals surface area contributed by atoms with E-state index >= 15 is 0 Å². The predicted molar refractivity (Wildman–Crippen MR) is 138 cm³/mol. The molecule has 4 heterocycles. The Bertz CT molecular complexity index is 1050. The van der Waals surface area contributed by atoms with Crippen LogP contribution in [0.15, 0.2) is 24.3 Å². The van der Waals surface area contributed by atoms with E-state index in [1.54, 1.807) is 24.3 Å². The summed E-state index contributed by atoms with van der Waals surface area (Å²) in [5.41, 5.74) is -1.38. The van der Waals surface area contributed by atoms with E-state index in [2.05, 4.69) is 15.5 Å². The molecule has 4 fully saturated rings. The molecule has 4 saturated heterocycles. The topological polar surface area (TPSA) is 130 Å². The van der Waals surface area contributed by atoms with Crippen LogP contribution < -0.4 is 15.4 Å². The van der Waals surface area contributed by atoms with Crippen molar-refractivity contribution in [1.82, 2.24) is 15.1 Å². The van der Waals surface area contributed by atoms with Crippen LogP contribution in [-0.2, 0) is 23.9 Å². The Morgan fingerprint density at radius 3 is 2.55 bits per heavy atom. The fourth-order valence-corrected chi connectivity index (χ4v) is 6.76. The zero-order valence-electron chi connectivity index (χ0n) is 22.1. The summed E-state index contributed by atoms with van der Waals surface area (Å²) in [6.45, 7) is 8.10. The number of β-amino-alcohol motifs (C(OH)–C–C–N with tert-alkyl or cyclic N) is 1. The number of nitrogens with one attached hydrogen (secondary N) is 2. The quantitative estimate of drug-likeness (QED) is 0.392. The van der Waals surface area contributed by atoms with Gasteiger partial charge in [0.05, 0.1) is 43.9 Å². The van der Waals surface area contributed by atoms with Gasteiger partial charge in [-0.1, -0.05) is 0 Å². The molecule has 2 unspecified atom stereocenters. The number of morpholine rings is 1. The summed E-state index contributed by atoms with van der Waals surface area (Å²) in [5.74, 6) is -1.79. The largest absolute Gasteiger partial charge is 0.494 e. The second kappa shape index (κ2) is 10.8. The van der Waals surface area contributed by atoms with Gasteiger partial charge < -0.3 is 34.9 Å². The molecule has 0 saturated carbocycles. The number of aliphatic hydroxyl groups excluding tert-OH is 1. The first kappa shape index (κ1) is 26.9. The minimum absolute atomic E-state index is 0.00589. The van der Waals surface area contributed by atoms with Crippen molar-refractivity contribution < 1.29 is 33.7 Å². The van der Waals surface area contributed by atoms with Crippen LogP contribution in [-0.4, -0.2) is 109 Å². The molecule has 1 aromatic rings. The maximum absolute atomic E-state index is 13.8. The summed E-state index contributed by atoms with van der Waals surface area (Å²) < 4.78 is 17.4. The van der Waals surface area contributed by atoms with E-state index in [1.807, 2.05) is 13.8 Å². The first-order valence-electron chi connectivity index (χ1n) is 13.6. The maximum atomic E-state index is 13.8. The van der Waals surface area contributed by atoms with Gasteiger partial charge in [0.25, 0.3) is 0 Å². The SMILES string of the molecule is CCOc1ccc(NC(=O)[C@H]2[C@H]3C(=O)N(CCO)C(C(=O)NCCN4CCOCC4)C34CC[C@]2(C)O4)cc1. The standard InChI is InChI=1S/C27H38N4O7/c1-3-37-19-6-4-18(5-7-19)29-23(33)20-21-25(35)31(12-15-32)22(27(21)9-8-26(20,2)38-27)24(34)28-10-11-30-13-16-36-17-14-30/h4-7,20-22,32H,3,8-17H2,1-2H3,(H,28,34)(H,29,33)/t20-,21+,22?,26+,27?/m1/s1. The minimum atomic E-state index is -1.11. The van der Waals surface area contributed by atoms with Crippen LogP contribution >= 0.6 is 0 Å². The highest BCUT2D eigenvalue weighted by atomic mass is 16.5. The first-order valence-corrected chi connectivity index (χ1v) is 13.6. The molecule has 1 spiro atoms. The van der Waals surface area contributed by atoms with Gasteiger partial charge in [-0.05, 0) is 51.0 Å². The molecule has 5 rings (SSSR count). The van der Waals surface area contributed by atoms with Gasteiger partial charge >= 0.3 is 0 Å². The molecule has 38 heavy (non-hydrogen) atoms. The summed E-state index contributed by atoms with van der Waals surface area (Å²) in [5, 5.41) is 15.7. The number of fused-ring (bicyclic) bond motifs is 1. The summed E-state index contributed by atoms with van der Waals surface area (Å²) in [6, 6.07) is 6.17. The lowest BCUT2D eigenvalue weighted by Crippen LogP contribution is -2.56. The Labute approximate surface area is 222 Å². The lowest BCUT2D eigenvalue weighted by atomic mass is 9.66. The Balaban J connectivity index is 1.34. The molecule has 1 aromatic carbocycles. The molecule has 0 aliphatic carbocycles. The first-order chi connectivity index (χ1) is 18.3. The van der Waals surface area contributed by atoms with E-state index in [9.17, 15) is 19.5 Å². The van der Waals surface area contributed by atoms with Crippen molar-refractivity contribution in [3.05, 3.63) is 24.3 Å². The number of carbonyl (C=O) groups excluding carboxylic acids is 3. The third kappa shape index (κ3) is 4.66. The van der Waals surface area contributed by atoms with Gasteiger partial charge in [0.2, 0.25) is 17.7 Å². The zero-order valence-corrected chi connectivity index (χ0v) is 22.1. The lowest BCUT2D eigenvalue weighted by Gasteiger charge is -2.33. The molecule has 5 atom stereocenters. The molecule has 208 valence electrons. The van der Waals surface area contributed by atoms with Crippen LogP contribution in [0.4, 0.5) is 5.69 Å². The second-order valence-corrected chi connectivity index (χ2v) is 10.7. The summed E-state index contributed by atoms with van der Waals surface area (Å²) in [7, 11) is 0. The zero-order chi connectivity index (χ0) is 26.9. The van der Waals surface area contributed by atoms with E-state index < -0.39 is 29.1 Å². The van der Waals surface area contributed by atoms with Crippen LogP contribution in [0.2, 0.25) is 0 Å². The molecule has 3 amide bonds. The Morgan fingerprint density at radius 1 is 1.13 bits per heavy atom. The molecule has 0 aromatic heterocycles. The van der Waals surface area contributed by atoms with Crippen LogP contribution in [0, 0.1) is 11.8 Å². The molecule has 3 N–H and O–H groups in total. The molecule has 4 aliphatic rings. The molecular formula is C27H38N4O7. The number of benzene rings is 1. The highest BCUT2D eigenvalue weighted by Crippen LogP contribution is 2.63. The third-order valence-corrected chi connectivity index (χ3v) is 8.41. The van der Waals surface area contributed by atoms with Gasteiger partial charge in [-0.25, -0.2) is 0 Å². The number of rotatable bonds is 10. The van der Waals surface area contributed by atoms with E-state index in [-0.39, 0.29) is 30.9 Å². The van der Waals surface area contributed by atoms with Gasteiger partial charge in [0.15, 0.2) is 0 Å². The van der Waals surface area contributed by atoms with E-state index in [0.29, 0.717) is 57.2 Å². The van der Waals surface area contributed by atoms with E-state index in [1.165, 1.54) is 4.90 Å². The fraction of sp³-hybridized carbons (Fsp3) is 0.667. The number of ether oxygens (including phenoxy) is 3. The summed E-state index contributed by atoms with van der Waals surface area (Å²) >= 11 is 0. The smallest absolute Gasteiger partial charge is 0.245 e. The number of hydrogen-bond donors (Lipinski definition) is 3. The van der Waals surface area contributed by atoms with Gasteiger partial charge in [-0.15, -0.1) is 0 Å². The average Bonchev–Trinajstić information content (AvgIpc) is 3.47. The monoisotopic (exact) mass is 530 g/mol. The molecule has 2 bridgehead atoms. The number of likely N-dealkylation sites (tertiary alicyclic amines) is 1. The number of anilines is 1. The molecule has 4 aliphatic heterocycles. The molecule has 0 radical (unpaired) electrons. The van der Waals surface area contributed by atoms with Crippen LogP contribution in [0.3, 0.4) is 0 Å². The van der Waals surface area contributed by atoms with Crippen molar-refractivity contribution in [1.29, 1.82) is 0 Å². The van der Waals surface area contributed by atoms with E-state index in [0.717, 1.165) is 13.1 Å². The maximum Gasteiger partial charge on any atom is 0.245 e. The lowest BCUT2D eigenvalue weighted by molar-refractivity contribution is -0.145. The minimum Gasteiger partial charge on any atom is -0.494 e. The Morgan fingerprint density at radius 2 is 1.87 bits per heavy atom. The second-order valence-electron chi connectivity index (χ2n) is 10.7. The van der Waals surface area contributed by atoms with Gasteiger partial charge in [0, 0.05) is 38.4 Å². The number of nitrogens with zero attached hydrogens (tertiary/aromatic N) is 2. The normalized spacial score (nSPS) is 32.3. The highest BCUT2D eigenvalue weighted by Gasteiger charge is 2.77. The van der Waals surface area contributed by atoms with E-state index in [4.69, 9.17) is 14.2 Å². The Hall–Kier alpha value is -2.73. The highest BCUT2D eigenvalue weighted by molar-refractivity contribution is 6.02. The average molecular weight is 531 g/mol. The van der Waals surface area contributed by atoms with Gasteiger partial charge in [-0.2, -0.15) is 0 Å².